The Morgan fingerprint density at radius 2 is 1.81 bits per heavy atom. The fraction of sp³-hybridized carbons (Fsp3) is 0.278. The van der Waals surface area contributed by atoms with Crippen molar-refractivity contribution in [1.29, 1.82) is 0 Å². The van der Waals surface area contributed by atoms with E-state index >= 15 is 0 Å². The lowest BCUT2D eigenvalue weighted by atomic mass is 10.2. The summed E-state index contributed by atoms with van der Waals surface area (Å²) in [5, 5.41) is 8.85. The maximum Gasteiger partial charge on any atom is 0.303 e. The van der Waals surface area contributed by atoms with Gasteiger partial charge < -0.3 is 9.84 Å². The van der Waals surface area contributed by atoms with E-state index < -0.39 is 21.8 Å². The highest BCUT2D eigenvalue weighted by atomic mass is 32.2. The van der Waals surface area contributed by atoms with Gasteiger partial charge in [0.2, 0.25) is 0 Å². The Kier molecular flexibility index (Phi) is 6.57. The van der Waals surface area contributed by atoms with Gasteiger partial charge in [0.15, 0.2) is 0 Å². The Labute approximate surface area is 151 Å². The summed E-state index contributed by atoms with van der Waals surface area (Å²) < 4.78 is 45.9. The monoisotopic (exact) mass is 381 g/mol. The number of rotatable bonds is 9. The van der Waals surface area contributed by atoms with Gasteiger partial charge in [0, 0.05) is 13.0 Å². The molecule has 2 rings (SSSR count). The van der Waals surface area contributed by atoms with Crippen LogP contribution in [-0.2, 0) is 14.8 Å². The zero-order valence-corrected chi connectivity index (χ0v) is 15.1. The van der Waals surface area contributed by atoms with Crippen LogP contribution in [0.1, 0.15) is 19.8 Å². The lowest BCUT2D eigenvalue weighted by molar-refractivity contribution is -0.137. The molecule has 0 aliphatic heterocycles. The molecular formula is C18H20FNO5S. The summed E-state index contributed by atoms with van der Waals surface area (Å²) in [6.45, 7) is 2.08. The van der Waals surface area contributed by atoms with Crippen LogP contribution in [0.5, 0.6) is 5.75 Å². The van der Waals surface area contributed by atoms with Gasteiger partial charge in [-0.25, -0.2) is 12.8 Å². The maximum atomic E-state index is 13.2. The number of ether oxygens (including phenoxy) is 1. The fourth-order valence-corrected chi connectivity index (χ4v) is 3.93. The topological polar surface area (TPSA) is 83.9 Å². The molecule has 0 spiro atoms. The molecule has 0 radical (unpaired) electrons. The van der Waals surface area contributed by atoms with E-state index in [1.54, 1.807) is 31.2 Å². The highest BCUT2D eigenvalue weighted by Gasteiger charge is 2.27. The Balaban J connectivity index is 2.46. The van der Waals surface area contributed by atoms with E-state index in [4.69, 9.17) is 9.84 Å². The summed E-state index contributed by atoms with van der Waals surface area (Å²) in [5.74, 6) is -1.19. The smallest absolute Gasteiger partial charge is 0.303 e. The number of para-hydroxylation sites is 2. The van der Waals surface area contributed by atoms with Crippen molar-refractivity contribution in [3.05, 3.63) is 54.3 Å². The summed E-state index contributed by atoms with van der Waals surface area (Å²) in [5.41, 5.74) is 0.309. The number of anilines is 1. The van der Waals surface area contributed by atoms with Gasteiger partial charge in [0.05, 0.1) is 17.2 Å². The van der Waals surface area contributed by atoms with Gasteiger partial charge in [-0.15, -0.1) is 0 Å². The van der Waals surface area contributed by atoms with Crippen LogP contribution in [0.3, 0.4) is 0 Å². The summed E-state index contributed by atoms with van der Waals surface area (Å²) in [6.07, 6.45) is -0.0531. The number of aliphatic carboxylic acids is 1. The lowest BCUT2D eigenvalue weighted by Crippen LogP contribution is -2.32. The molecule has 0 heterocycles. The molecule has 0 saturated carbocycles. The van der Waals surface area contributed by atoms with E-state index in [1.807, 2.05) is 0 Å². The number of carboxylic acid groups (broad SMARTS) is 1. The summed E-state index contributed by atoms with van der Waals surface area (Å²) in [6, 6.07) is 11.1. The van der Waals surface area contributed by atoms with Crippen LogP contribution >= 0.6 is 0 Å². The quantitative estimate of drug-likeness (QED) is 0.721. The first-order chi connectivity index (χ1) is 12.4. The van der Waals surface area contributed by atoms with Crippen molar-refractivity contribution in [2.45, 2.75) is 24.7 Å². The Hall–Kier alpha value is -2.61. The second-order valence-corrected chi connectivity index (χ2v) is 7.29. The largest absolute Gasteiger partial charge is 0.492 e. The van der Waals surface area contributed by atoms with Crippen molar-refractivity contribution in [1.82, 2.24) is 0 Å². The van der Waals surface area contributed by atoms with E-state index in [0.29, 0.717) is 18.0 Å². The second-order valence-electron chi connectivity index (χ2n) is 5.43. The maximum absolute atomic E-state index is 13.2. The number of carbonyl (C=O) groups is 1. The number of hydrogen-bond acceptors (Lipinski definition) is 4. The molecule has 0 saturated heterocycles. The first-order valence-electron chi connectivity index (χ1n) is 8.08. The van der Waals surface area contributed by atoms with Gasteiger partial charge in [-0.1, -0.05) is 12.1 Å². The van der Waals surface area contributed by atoms with E-state index in [9.17, 15) is 17.6 Å². The van der Waals surface area contributed by atoms with Gasteiger partial charge >= 0.3 is 5.97 Å². The van der Waals surface area contributed by atoms with Crippen LogP contribution < -0.4 is 9.04 Å². The molecule has 0 aliphatic carbocycles. The van der Waals surface area contributed by atoms with Crippen LogP contribution in [0.4, 0.5) is 10.1 Å². The molecule has 0 unspecified atom stereocenters. The first-order valence-corrected chi connectivity index (χ1v) is 9.52. The summed E-state index contributed by atoms with van der Waals surface area (Å²) in [4.78, 5) is 10.7. The molecular weight excluding hydrogens is 361 g/mol. The molecule has 26 heavy (non-hydrogen) atoms. The molecule has 6 nitrogen and oxygen atoms in total. The average Bonchev–Trinajstić information content (AvgIpc) is 2.60. The second kappa shape index (κ2) is 8.66. The van der Waals surface area contributed by atoms with Crippen LogP contribution in [0.15, 0.2) is 53.4 Å². The van der Waals surface area contributed by atoms with E-state index in [-0.39, 0.29) is 24.3 Å². The van der Waals surface area contributed by atoms with Gasteiger partial charge in [0.1, 0.15) is 11.6 Å². The van der Waals surface area contributed by atoms with Gasteiger partial charge in [-0.05, 0) is 49.7 Å². The summed E-state index contributed by atoms with van der Waals surface area (Å²) >= 11 is 0. The zero-order valence-electron chi connectivity index (χ0n) is 14.3. The number of sulfonamides is 1. The minimum Gasteiger partial charge on any atom is -0.492 e. The van der Waals surface area contributed by atoms with Crippen molar-refractivity contribution >= 4 is 21.7 Å². The first kappa shape index (κ1) is 19.7. The van der Waals surface area contributed by atoms with Crippen molar-refractivity contribution in [3.63, 3.8) is 0 Å². The van der Waals surface area contributed by atoms with Crippen molar-refractivity contribution in [3.8, 4) is 5.75 Å². The third kappa shape index (κ3) is 4.72. The Morgan fingerprint density at radius 1 is 1.15 bits per heavy atom. The molecule has 2 aromatic rings. The molecule has 0 aromatic heterocycles. The van der Waals surface area contributed by atoms with Crippen LogP contribution in [0.25, 0.3) is 0 Å². The SMILES string of the molecule is CCOc1ccccc1N(CCCC(=O)O)S(=O)(=O)c1ccc(F)cc1. The molecule has 0 bridgehead atoms. The molecule has 0 fully saturated rings. The van der Waals surface area contributed by atoms with Crippen molar-refractivity contribution < 1.29 is 27.4 Å². The third-order valence-corrected chi connectivity index (χ3v) is 5.41. The van der Waals surface area contributed by atoms with Crippen LogP contribution in [0, 0.1) is 5.82 Å². The number of benzene rings is 2. The number of hydrogen-bond donors (Lipinski definition) is 1. The standard InChI is InChI=1S/C18H20FNO5S/c1-2-25-17-7-4-3-6-16(17)20(13-5-8-18(21)22)26(23,24)15-11-9-14(19)10-12-15/h3-4,6-7,9-12H,2,5,8,13H2,1H3,(H,21,22). The number of carboxylic acids is 1. The Morgan fingerprint density at radius 3 is 2.42 bits per heavy atom. The van der Waals surface area contributed by atoms with E-state index in [1.165, 1.54) is 12.1 Å². The molecule has 0 amide bonds. The summed E-state index contributed by atoms with van der Waals surface area (Å²) in [7, 11) is -4.02. The predicted molar refractivity (Wildman–Crippen MR) is 95.4 cm³/mol. The van der Waals surface area contributed by atoms with E-state index in [2.05, 4.69) is 0 Å². The highest BCUT2D eigenvalue weighted by Crippen LogP contribution is 2.32. The van der Waals surface area contributed by atoms with Crippen LogP contribution in [0.2, 0.25) is 0 Å². The molecule has 8 heteroatoms. The average molecular weight is 381 g/mol. The van der Waals surface area contributed by atoms with Gasteiger partial charge in [-0.3, -0.25) is 9.10 Å². The lowest BCUT2D eigenvalue weighted by Gasteiger charge is -2.26. The van der Waals surface area contributed by atoms with Crippen LogP contribution in [-0.4, -0.2) is 32.6 Å². The van der Waals surface area contributed by atoms with E-state index in [0.717, 1.165) is 16.4 Å². The van der Waals surface area contributed by atoms with Gasteiger partial charge in [0.25, 0.3) is 10.0 Å². The number of halogens is 1. The normalized spacial score (nSPS) is 11.2. The number of nitrogens with zero attached hydrogens (tertiary/aromatic N) is 1. The van der Waals surface area contributed by atoms with Crippen molar-refractivity contribution in [2.24, 2.45) is 0 Å². The zero-order chi connectivity index (χ0) is 19.2. The fourth-order valence-electron chi connectivity index (χ4n) is 2.42. The minimum absolute atomic E-state index is 0.0455. The van der Waals surface area contributed by atoms with Crippen molar-refractivity contribution in [2.75, 3.05) is 17.5 Å². The third-order valence-electron chi connectivity index (χ3n) is 3.59. The minimum atomic E-state index is -4.02. The molecule has 0 atom stereocenters. The Bertz CT molecular complexity index is 852. The van der Waals surface area contributed by atoms with Gasteiger partial charge in [-0.2, -0.15) is 0 Å². The predicted octanol–water partition coefficient (Wildman–Crippen LogP) is 3.28. The molecule has 2 aromatic carbocycles. The highest BCUT2D eigenvalue weighted by molar-refractivity contribution is 7.92. The molecule has 0 aliphatic rings. The molecule has 1 N–H and O–H groups in total. The molecule has 140 valence electrons.